The second-order valence-corrected chi connectivity index (χ2v) is 8.60. The minimum absolute atomic E-state index is 0.319. The molecule has 1 atom stereocenters. The van der Waals surface area contributed by atoms with E-state index in [9.17, 15) is 23.2 Å². The fourth-order valence-corrected chi connectivity index (χ4v) is 4.54. The van der Waals surface area contributed by atoms with E-state index in [2.05, 4.69) is 10.6 Å². The van der Waals surface area contributed by atoms with Crippen molar-refractivity contribution in [2.75, 3.05) is 11.9 Å². The fourth-order valence-electron chi connectivity index (χ4n) is 4.54. The van der Waals surface area contributed by atoms with Crippen LogP contribution < -0.4 is 20.1 Å². The molecule has 2 heterocycles. The van der Waals surface area contributed by atoms with Gasteiger partial charge in [-0.3, -0.25) is 14.5 Å². The molecule has 2 aromatic carbocycles. The predicted molar refractivity (Wildman–Crippen MR) is 111 cm³/mol. The molecule has 0 aromatic heterocycles. The van der Waals surface area contributed by atoms with Gasteiger partial charge in [0.1, 0.15) is 23.7 Å². The molecule has 4 amide bonds. The Morgan fingerprint density at radius 3 is 2.58 bits per heavy atom. The van der Waals surface area contributed by atoms with Crippen LogP contribution in [0.2, 0.25) is 0 Å². The van der Waals surface area contributed by atoms with Crippen LogP contribution in [0.4, 0.5) is 19.3 Å². The van der Waals surface area contributed by atoms with Crippen molar-refractivity contribution in [1.82, 2.24) is 10.2 Å². The lowest BCUT2D eigenvalue weighted by atomic mass is 9.91. The minimum atomic E-state index is -1.84. The number of carbonyl (C=O) groups excluding carboxylic acids is 3. The van der Waals surface area contributed by atoms with E-state index in [0.717, 1.165) is 43.9 Å². The van der Waals surface area contributed by atoms with Gasteiger partial charge in [0, 0.05) is 30.2 Å². The highest BCUT2D eigenvalue weighted by Gasteiger charge is 2.51. The summed E-state index contributed by atoms with van der Waals surface area (Å²) in [5.41, 5.74) is -1.75. The Labute approximate surface area is 187 Å². The first-order chi connectivity index (χ1) is 15.7. The van der Waals surface area contributed by atoms with E-state index in [1.165, 1.54) is 6.92 Å². The van der Waals surface area contributed by atoms with Crippen LogP contribution in [0.5, 0.6) is 11.5 Å². The molecule has 0 radical (unpaired) electrons. The topological polar surface area (TPSA) is 97.0 Å². The van der Waals surface area contributed by atoms with Crippen LogP contribution in [0.1, 0.15) is 38.2 Å². The van der Waals surface area contributed by atoms with E-state index in [4.69, 9.17) is 9.47 Å². The van der Waals surface area contributed by atoms with Gasteiger partial charge in [-0.05, 0) is 50.1 Å². The number of halogens is 2. The van der Waals surface area contributed by atoms with E-state index in [0.29, 0.717) is 22.1 Å². The second kappa shape index (κ2) is 7.43. The standard InChI is InChI=1S/C23H21F2N3O5/c1-22(15-10-13(24)4-6-16(15)25)20(30)28(21(31)27-22)12-19(29)26-14-5-7-17-18(11-14)33-23(32-17)8-2-3-9-23/h4-7,10-11H,2-3,8-9,12H2,1H3,(H,26,29)(H,27,31). The van der Waals surface area contributed by atoms with Crippen molar-refractivity contribution in [3.05, 3.63) is 53.6 Å². The van der Waals surface area contributed by atoms with Crippen molar-refractivity contribution in [2.24, 2.45) is 0 Å². The molecule has 1 saturated carbocycles. The van der Waals surface area contributed by atoms with Crippen LogP contribution in [0, 0.1) is 11.6 Å². The Kier molecular flexibility index (Phi) is 4.77. The van der Waals surface area contributed by atoms with Gasteiger partial charge in [-0.1, -0.05) is 0 Å². The molecule has 1 saturated heterocycles. The Balaban J connectivity index is 1.28. The smallest absolute Gasteiger partial charge is 0.325 e. The van der Waals surface area contributed by atoms with Crippen LogP contribution in [-0.4, -0.2) is 35.1 Å². The second-order valence-electron chi connectivity index (χ2n) is 8.60. The summed E-state index contributed by atoms with van der Waals surface area (Å²) in [5.74, 6) is -2.64. The number of fused-ring (bicyclic) bond motifs is 1. The van der Waals surface area contributed by atoms with Gasteiger partial charge in [-0.15, -0.1) is 0 Å². The monoisotopic (exact) mass is 457 g/mol. The van der Waals surface area contributed by atoms with Crippen molar-refractivity contribution < 1.29 is 32.6 Å². The largest absolute Gasteiger partial charge is 0.448 e. The first-order valence-electron chi connectivity index (χ1n) is 10.6. The Morgan fingerprint density at radius 2 is 1.82 bits per heavy atom. The number of benzene rings is 2. The molecule has 3 aliphatic rings. The number of hydrogen-bond acceptors (Lipinski definition) is 5. The molecule has 5 rings (SSSR count). The highest BCUT2D eigenvalue weighted by atomic mass is 19.1. The SMILES string of the molecule is CC1(c2cc(F)ccc2F)NC(=O)N(CC(=O)Nc2ccc3c(c2)OC2(CCCC2)O3)C1=O. The number of nitrogens with zero attached hydrogens (tertiary/aromatic N) is 1. The van der Waals surface area contributed by atoms with Gasteiger partial charge in [0.15, 0.2) is 11.5 Å². The van der Waals surface area contributed by atoms with Gasteiger partial charge in [0.2, 0.25) is 5.91 Å². The highest BCUT2D eigenvalue weighted by molar-refractivity contribution is 6.10. The number of ether oxygens (including phenoxy) is 2. The Bertz CT molecular complexity index is 1180. The predicted octanol–water partition coefficient (Wildman–Crippen LogP) is 3.41. The third-order valence-electron chi connectivity index (χ3n) is 6.23. The molecule has 10 heteroatoms. The van der Waals surface area contributed by atoms with E-state index in [1.807, 2.05) is 0 Å². The molecule has 2 aliphatic heterocycles. The molecule has 2 N–H and O–H groups in total. The molecular weight excluding hydrogens is 436 g/mol. The first-order valence-corrected chi connectivity index (χ1v) is 10.6. The molecule has 1 unspecified atom stereocenters. The summed E-state index contributed by atoms with van der Waals surface area (Å²) in [7, 11) is 0. The number of hydrogen-bond donors (Lipinski definition) is 2. The number of urea groups is 1. The van der Waals surface area contributed by atoms with Gasteiger partial charge in [0.25, 0.3) is 11.7 Å². The molecule has 0 bridgehead atoms. The number of amides is 4. The zero-order valence-corrected chi connectivity index (χ0v) is 17.7. The summed E-state index contributed by atoms with van der Waals surface area (Å²) in [6.45, 7) is 0.662. The van der Waals surface area contributed by atoms with Gasteiger partial charge in [-0.25, -0.2) is 13.6 Å². The van der Waals surface area contributed by atoms with E-state index < -0.39 is 47.4 Å². The van der Waals surface area contributed by atoms with Gasteiger partial charge >= 0.3 is 6.03 Å². The maximum atomic E-state index is 14.3. The van der Waals surface area contributed by atoms with E-state index in [-0.39, 0.29) is 5.56 Å². The highest BCUT2D eigenvalue weighted by Crippen LogP contribution is 2.47. The lowest BCUT2D eigenvalue weighted by Crippen LogP contribution is -2.42. The maximum Gasteiger partial charge on any atom is 0.325 e. The number of anilines is 1. The van der Waals surface area contributed by atoms with Crippen molar-refractivity contribution in [3.8, 4) is 11.5 Å². The molecular formula is C23H21F2N3O5. The molecule has 1 aliphatic carbocycles. The molecule has 172 valence electrons. The van der Waals surface area contributed by atoms with Crippen molar-refractivity contribution in [2.45, 2.75) is 43.9 Å². The Morgan fingerprint density at radius 1 is 1.09 bits per heavy atom. The van der Waals surface area contributed by atoms with Gasteiger partial charge in [0.05, 0.1) is 0 Å². The van der Waals surface area contributed by atoms with Crippen molar-refractivity contribution >= 4 is 23.5 Å². The van der Waals surface area contributed by atoms with Crippen LogP contribution in [0.3, 0.4) is 0 Å². The van der Waals surface area contributed by atoms with E-state index >= 15 is 0 Å². The zero-order chi connectivity index (χ0) is 23.4. The van der Waals surface area contributed by atoms with Crippen LogP contribution in [0.25, 0.3) is 0 Å². The van der Waals surface area contributed by atoms with Crippen LogP contribution >= 0.6 is 0 Å². The first kappa shape index (κ1) is 21.2. The lowest BCUT2D eigenvalue weighted by molar-refractivity contribution is -0.133. The van der Waals surface area contributed by atoms with Gasteiger partial charge in [-0.2, -0.15) is 0 Å². The summed E-state index contributed by atoms with van der Waals surface area (Å²) in [6, 6.07) is 6.70. The maximum absolute atomic E-state index is 14.3. The van der Waals surface area contributed by atoms with Gasteiger partial charge < -0.3 is 20.1 Å². The molecule has 1 spiro atoms. The quantitative estimate of drug-likeness (QED) is 0.686. The van der Waals surface area contributed by atoms with Crippen molar-refractivity contribution in [3.63, 3.8) is 0 Å². The molecule has 8 nitrogen and oxygen atoms in total. The average Bonchev–Trinajstić information content (AvgIpc) is 3.43. The Hall–Kier alpha value is -3.69. The number of rotatable bonds is 4. The third-order valence-corrected chi connectivity index (χ3v) is 6.23. The number of nitrogens with one attached hydrogen (secondary N) is 2. The number of imide groups is 1. The van der Waals surface area contributed by atoms with E-state index in [1.54, 1.807) is 18.2 Å². The summed E-state index contributed by atoms with van der Waals surface area (Å²) in [5, 5.41) is 4.98. The molecule has 33 heavy (non-hydrogen) atoms. The minimum Gasteiger partial charge on any atom is -0.448 e. The third kappa shape index (κ3) is 3.55. The number of carbonyl (C=O) groups is 3. The average molecular weight is 457 g/mol. The molecule has 2 aromatic rings. The lowest BCUT2D eigenvalue weighted by Gasteiger charge is -2.22. The summed E-state index contributed by atoms with van der Waals surface area (Å²) < 4.78 is 39.8. The summed E-state index contributed by atoms with van der Waals surface area (Å²) >= 11 is 0. The zero-order valence-electron chi connectivity index (χ0n) is 17.7. The molecule has 2 fully saturated rings. The summed E-state index contributed by atoms with van der Waals surface area (Å²) in [6.07, 6.45) is 3.62. The fraction of sp³-hybridized carbons (Fsp3) is 0.348. The normalized spacial score (nSPS) is 22.7. The van der Waals surface area contributed by atoms with Crippen molar-refractivity contribution in [1.29, 1.82) is 0 Å². The van der Waals surface area contributed by atoms with Crippen LogP contribution in [0.15, 0.2) is 36.4 Å². The van der Waals surface area contributed by atoms with Crippen LogP contribution in [-0.2, 0) is 15.1 Å². The summed E-state index contributed by atoms with van der Waals surface area (Å²) in [4.78, 5) is 38.6.